The molecule has 5 aliphatic rings. The molecule has 4 saturated carbocycles. The molecule has 12 nitrogen and oxygen atoms in total. The Hall–Kier alpha value is -2.41. The molecule has 0 aromatic rings. The van der Waals surface area contributed by atoms with E-state index in [2.05, 4.69) is 57.5 Å². The Bertz CT molecular complexity index is 1080. The number of hydrogen-bond donors (Lipinski definition) is 5. The van der Waals surface area contributed by atoms with Crippen molar-refractivity contribution in [1.29, 1.82) is 5.41 Å². The van der Waals surface area contributed by atoms with Crippen molar-refractivity contribution in [2.24, 2.45) is 35.0 Å². The average Bonchev–Trinajstić information content (AvgIpc) is 3.35. The lowest BCUT2D eigenvalue weighted by Crippen LogP contribution is -2.65. The highest BCUT2D eigenvalue weighted by Crippen LogP contribution is 2.65. The van der Waals surface area contributed by atoms with E-state index in [1.54, 1.807) is 5.43 Å². The number of amides is 2. The molecule has 2 bridgehead atoms. The zero-order valence-corrected chi connectivity index (χ0v) is 29.0. The molecule has 4 aliphatic carbocycles. The van der Waals surface area contributed by atoms with Crippen molar-refractivity contribution in [2.45, 2.75) is 149 Å². The lowest BCUT2D eigenvalue weighted by Gasteiger charge is -2.64. The van der Waals surface area contributed by atoms with Crippen molar-refractivity contribution in [3.05, 3.63) is 10.1 Å². The van der Waals surface area contributed by atoms with E-state index in [-0.39, 0.29) is 53.3 Å². The maximum Gasteiger partial charge on any atom is 0.481 e. The molecular formula is C33H59BN6O6. The van der Waals surface area contributed by atoms with Crippen molar-refractivity contribution >= 4 is 24.9 Å². The summed E-state index contributed by atoms with van der Waals surface area (Å²) >= 11 is 0. The van der Waals surface area contributed by atoms with Gasteiger partial charge in [0, 0.05) is 12.5 Å². The van der Waals surface area contributed by atoms with Gasteiger partial charge < -0.3 is 25.3 Å². The van der Waals surface area contributed by atoms with Gasteiger partial charge in [-0.2, -0.15) is 0 Å². The van der Waals surface area contributed by atoms with Crippen LogP contribution in [0.25, 0.3) is 0 Å². The van der Waals surface area contributed by atoms with Crippen molar-refractivity contribution in [1.82, 2.24) is 21.4 Å². The number of rotatable bonds is 16. The van der Waals surface area contributed by atoms with Crippen molar-refractivity contribution < 1.29 is 23.9 Å². The summed E-state index contributed by atoms with van der Waals surface area (Å²) in [7, 11) is -0.564. The monoisotopic (exact) mass is 646 g/mol. The predicted octanol–water partition coefficient (Wildman–Crippen LogP) is 4.74. The number of guanidine groups is 1. The van der Waals surface area contributed by atoms with Gasteiger partial charge in [0.2, 0.25) is 11.8 Å². The van der Waals surface area contributed by atoms with E-state index in [0.717, 1.165) is 38.5 Å². The van der Waals surface area contributed by atoms with Crippen LogP contribution in [-0.2, 0) is 18.9 Å². The summed E-state index contributed by atoms with van der Waals surface area (Å²) in [5, 5.41) is 26.4. The Morgan fingerprint density at radius 1 is 1.07 bits per heavy atom. The highest BCUT2D eigenvalue weighted by molar-refractivity contribution is 6.48. The number of nitrogens with zero attached hydrogens (tertiary/aromatic N) is 1. The topological polar surface area (TPSA) is 168 Å². The van der Waals surface area contributed by atoms with Crippen molar-refractivity contribution in [2.75, 3.05) is 6.54 Å². The third kappa shape index (κ3) is 8.73. The van der Waals surface area contributed by atoms with Crippen LogP contribution in [0.15, 0.2) is 0 Å². The van der Waals surface area contributed by atoms with Gasteiger partial charge in [-0.15, -0.1) is 0 Å². The van der Waals surface area contributed by atoms with E-state index in [4.69, 9.17) is 14.7 Å². The van der Waals surface area contributed by atoms with Crippen LogP contribution in [0.1, 0.15) is 125 Å². The molecule has 13 heteroatoms. The molecule has 5 fully saturated rings. The molecular weight excluding hydrogens is 587 g/mol. The normalized spacial score (nSPS) is 30.8. The minimum Gasteiger partial charge on any atom is -0.404 e. The first-order valence-corrected chi connectivity index (χ1v) is 17.9. The molecule has 0 aromatic carbocycles. The van der Waals surface area contributed by atoms with Gasteiger partial charge >= 0.3 is 7.12 Å². The van der Waals surface area contributed by atoms with Gasteiger partial charge in [0.25, 0.3) is 5.96 Å². The Kier molecular flexibility index (Phi) is 12.4. The van der Waals surface area contributed by atoms with Crippen LogP contribution in [0.2, 0.25) is 0 Å². The number of carbonyl (C=O) groups excluding carboxylic acids is 2. The summed E-state index contributed by atoms with van der Waals surface area (Å²) in [5.41, 5.74) is 1.60. The van der Waals surface area contributed by atoms with Crippen LogP contribution in [0.5, 0.6) is 0 Å². The number of nitrogens with one attached hydrogen (secondary N) is 5. The number of hydrazine groups is 1. The van der Waals surface area contributed by atoms with Gasteiger partial charge in [-0.05, 0) is 93.8 Å². The standard InChI is InChI=1S/C33H59BN6O6/c1-7-8-9-11-22-13-15-23(16-14-22)29(41)37-25(12-10-17-36-31(35)39-40(43)44)30(42)38-28(18-21(2)3)34-45-27-20-24-19-26(32(24,4)5)33(27,6)46-34/h21-28H,7-20H2,1-6H3,(H,37,41)(H,38,42)(H3,35,36,39)/t22-,23-,24-,25-,26-,27+,28-,33-/m0/s1. The van der Waals surface area contributed by atoms with E-state index in [9.17, 15) is 19.7 Å². The van der Waals surface area contributed by atoms with Gasteiger partial charge in [-0.25, -0.2) is 10.1 Å². The van der Waals surface area contributed by atoms with Crippen LogP contribution in [-0.4, -0.2) is 60.2 Å². The molecule has 1 heterocycles. The zero-order valence-electron chi connectivity index (χ0n) is 29.0. The second-order valence-corrected chi connectivity index (χ2v) is 15.7. The Labute approximate surface area is 275 Å². The summed E-state index contributed by atoms with van der Waals surface area (Å²) in [6, 6.07) is -0.782. The largest absolute Gasteiger partial charge is 0.481 e. The number of nitro groups is 1. The Balaban J connectivity index is 1.39. The van der Waals surface area contributed by atoms with Crippen LogP contribution in [0.4, 0.5) is 0 Å². The van der Waals surface area contributed by atoms with Gasteiger partial charge in [-0.1, -0.05) is 65.7 Å². The molecule has 260 valence electrons. The Morgan fingerprint density at radius 2 is 1.78 bits per heavy atom. The maximum atomic E-state index is 14.0. The fourth-order valence-corrected chi connectivity index (χ4v) is 8.71. The predicted molar refractivity (Wildman–Crippen MR) is 178 cm³/mol. The smallest absolute Gasteiger partial charge is 0.404 e. The summed E-state index contributed by atoms with van der Waals surface area (Å²) in [5.74, 6) is 0.723. The fraction of sp³-hybridized carbons (Fsp3) is 0.909. The second-order valence-electron chi connectivity index (χ2n) is 15.7. The lowest BCUT2D eigenvalue weighted by molar-refractivity contribution is -0.525. The highest BCUT2D eigenvalue weighted by atomic mass is 16.7. The molecule has 5 N–H and O–H groups in total. The molecule has 1 aliphatic heterocycles. The van der Waals surface area contributed by atoms with Crippen molar-refractivity contribution in [3.63, 3.8) is 0 Å². The molecule has 5 rings (SSSR count). The van der Waals surface area contributed by atoms with Crippen LogP contribution in [0, 0.1) is 50.5 Å². The van der Waals surface area contributed by atoms with Gasteiger partial charge in [0.15, 0.2) is 5.03 Å². The first kappa shape index (κ1) is 36.4. The van der Waals surface area contributed by atoms with Crippen LogP contribution in [0.3, 0.4) is 0 Å². The molecule has 2 amide bonds. The second kappa shape index (κ2) is 15.7. The van der Waals surface area contributed by atoms with E-state index in [0.29, 0.717) is 37.0 Å². The first-order valence-electron chi connectivity index (χ1n) is 17.9. The Morgan fingerprint density at radius 3 is 2.41 bits per heavy atom. The quantitative estimate of drug-likeness (QED) is 0.0400. The van der Waals surface area contributed by atoms with Gasteiger partial charge in [0.1, 0.15) is 6.04 Å². The summed E-state index contributed by atoms with van der Waals surface area (Å²) in [6.45, 7) is 13.5. The minimum absolute atomic E-state index is 0.00241. The molecule has 1 saturated heterocycles. The number of hydrogen-bond acceptors (Lipinski definition) is 7. The third-order valence-electron chi connectivity index (χ3n) is 11.6. The molecule has 0 unspecified atom stereocenters. The van der Waals surface area contributed by atoms with Crippen molar-refractivity contribution in [3.8, 4) is 0 Å². The lowest BCUT2D eigenvalue weighted by atomic mass is 9.43. The average molecular weight is 647 g/mol. The van der Waals surface area contributed by atoms with E-state index in [1.165, 1.54) is 25.7 Å². The van der Waals surface area contributed by atoms with Gasteiger partial charge in [0.05, 0.1) is 17.6 Å². The van der Waals surface area contributed by atoms with E-state index in [1.807, 2.05) is 0 Å². The number of unbranched alkanes of at least 4 members (excludes halogenated alkanes) is 2. The summed E-state index contributed by atoms with van der Waals surface area (Å²) in [6.07, 6.45) is 12.2. The molecule has 46 heavy (non-hydrogen) atoms. The first-order chi connectivity index (χ1) is 21.7. The van der Waals surface area contributed by atoms with Gasteiger partial charge in [-0.3, -0.25) is 15.0 Å². The minimum atomic E-state index is -0.798. The fourth-order valence-electron chi connectivity index (χ4n) is 8.71. The van der Waals surface area contributed by atoms with E-state index < -0.39 is 24.2 Å². The molecule has 0 spiro atoms. The van der Waals surface area contributed by atoms with Crippen LogP contribution < -0.4 is 21.4 Å². The third-order valence-corrected chi connectivity index (χ3v) is 11.6. The maximum absolute atomic E-state index is 14.0. The summed E-state index contributed by atoms with van der Waals surface area (Å²) in [4.78, 5) is 38.1. The molecule has 0 aromatic heterocycles. The SMILES string of the molecule is CCCCC[C@H]1CC[C@H](C(=O)N[C@@H](CCCNC(=N)N[N+](=O)[O-])C(=O)N[C@@H](CC(C)C)B2O[C@@H]3C[C@@H]4C[C@@H](C4(C)C)[C@]3(C)O2)CC1. The van der Waals surface area contributed by atoms with E-state index >= 15 is 0 Å². The highest BCUT2D eigenvalue weighted by Gasteiger charge is 2.68. The molecule has 0 radical (unpaired) electrons. The zero-order chi connectivity index (χ0) is 33.6. The number of carbonyl (C=O) groups is 2. The molecule has 6 atom stereocenters. The van der Waals surface area contributed by atoms with Crippen LogP contribution >= 0.6 is 0 Å². The summed E-state index contributed by atoms with van der Waals surface area (Å²) < 4.78 is 13.3.